The normalized spacial score (nSPS) is 34.2. The van der Waals surface area contributed by atoms with Crippen molar-refractivity contribution >= 4 is 35.2 Å². The second-order valence-electron chi connectivity index (χ2n) is 9.95. The third-order valence-electron chi connectivity index (χ3n) is 7.74. The molecule has 6 atom stereocenters. The maximum Gasteiger partial charge on any atom is 0.311 e. The smallest absolute Gasteiger partial charge is 0.311 e. The molecule has 2 saturated heterocycles. The summed E-state index contributed by atoms with van der Waals surface area (Å²) in [5.41, 5.74) is 2.80. The van der Waals surface area contributed by atoms with Crippen LogP contribution < -0.4 is 4.90 Å². The van der Waals surface area contributed by atoms with Gasteiger partial charge in [-0.2, -0.15) is 0 Å². The standard InChI is InChI=1S/C27H32N2O5S/c1-16-9-7-10-17(2)22(16)28-13-8-12-27-21(24(31)29(18(3)15-30)23(27)25(28)32)20-19(35-27)11-5-4-6-14-34-26(20)33/h5,7-12,18-21,23,30H,4,6,13-15H2,1-3H3/b11-5-/t18-,19-,20+,21+,23?,27+/m1/s1. The Morgan fingerprint density at radius 1 is 1.17 bits per heavy atom. The van der Waals surface area contributed by atoms with Crippen molar-refractivity contribution in [1.29, 1.82) is 0 Å². The minimum atomic E-state index is -0.916. The fourth-order valence-corrected chi connectivity index (χ4v) is 8.18. The highest BCUT2D eigenvalue weighted by atomic mass is 32.2. The molecule has 4 heterocycles. The number of ether oxygens (including phenoxy) is 1. The Morgan fingerprint density at radius 3 is 2.63 bits per heavy atom. The molecule has 2 fully saturated rings. The van der Waals surface area contributed by atoms with Gasteiger partial charge < -0.3 is 19.6 Å². The zero-order valence-corrected chi connectivity index (χ0v) is 21.2. The number of aryl methyl sites for hydroxylation is 2. The third-order valence-corrected chi connectivity index (χ3v) is 9.48. The third kappa shape index (κ3) is 3.64. The first-order valence-corrected chi connectivity index (χ1v) is 13.2. The molecule has 1 aromatic carbocycles. The molecule has 0 bridgehead atoms. The van der Waals surface area contributed by atoms with E-state index < -0.39 is 28.7 Å². The summed E-state index contributed by atoms with van der Waals surface area (Å²) in [5, 5.41) is 9.79. The van der Waals surface area contributed by atoms with Crippen LogP contribution in [0.5, 0.6) is 0 Å². The van der Waals surface area contributed by atoms with Crippen molar-refractivity contribution in [3.63, 3.8) is 0 Å². The largest absolute Gasteiger partial charge is 0.465 e. The second kappa shape index (κ2) is 9.13. The summed E-state index contributed by atoms with van der Waals surface area (Å²) in [6.45, 7) is 6.14. The van der Waals surface area contributed by atoms with Crippen LogP contribution in [0, 0.1) is 25.7 Å². The van der Waals surface area contributed by atoms with Gasteiger partial charge in [-0.3, -0.25) is 14.4 Å². The van der Waals surface area contributed by atoms with Crippen molar-refractivity contribution in [2.45, 2.75) is 55.7 Å². The van der Waals surface area contributed by atoms with E-state index in [0.29, 0.717) is 13.2 Å². The Kier molecular flexibility index (Phi) is 6.30. The number of benzene rings is 1. The number of anilines is 1. The maximum atomic E-state index is 14.4. The van der Waals surface area contributed by atoms with Gasteiger partial charge in [-0.05, 0) is 44.7 Å². The molecule has 0 saturated carbocycles. The first-order chi connectivity index (χ1) is 16.8. The van der Waals surface area contributed by atoms with Crippen LogP contribution in [-0.4, -0.2) is 69.6 Å². The van der Waals surface area contributed by atoms with Crippen LogP contribution in [0.3, 0.4) is 0 Å². The van der Waals surface area contributed by atoms with Crippen LogP contribution in [0.4, 0.5) is 5.69 Å². The molecular weight excluding hydrogens is 464 g/mol. The van der Waals surface area contributed by atoms with Crippen molar-refractivity contribution in [2.24, 2.45) is 11.8 Å². The summed E-state index contributed by atoms with van der Waals surface area (Å²) < 4.78 is 4.66. The number of hydrogen-bond acceptors (Lipinski definition) is 6. The number of fused-ring (bicyclic) bond motifs is 2. The van der Waals surface area contributed by atoms with E-state index >= 15 is 0 Å². The van der Waals surface area contributed by atoms with Gasteiger partial charge in [-0.15, -0.1) is 11.8 Å². The first-order valence-electron chi connectivity index (χ1n) is 12.3. The molecule has 1 unspecified atom stereocenters. The molecule has 1 spiro atoms. The van der Waals surface area contributed by atoms with Crippen molar-refractivity contribution in [1.82, 2.24) is 4.90 Å². The average molecular weight is 497 g/mol. The van der Waals surface area contributed by atoms with Crippen LogP contribution in [0.25, 0.3) is 0 Å². The summed E-state index contributed by atoms with van der Waals surface area (Å²) >= 11 is 1.52. The average Bonchev–Trinajstić information content (AvgIpc) is 3.25. The predicted octanol–water partition coefficient (Wildman–Crippen LogP) is 2.78. The molecular formula is C27H32N2O5S. The molecule has 0 aromatic heterocycles. The Balaban J connectivity index is 1.66. The number of aliphatic hydroxyl groups excluding tert-OH is 1. The van der Waals surface area contributed by atoms with Crippen LogP contribution in [0.2, 0.25) is 0 Å². The summed E-state index contributed by atoms with van der Waals surface area (Å²) in [4.78, 5) is 45.0. The van der Waals surface area contributed by atoms with Crippen LogP contribution in [0.1, 0.15) is 30.9 Å². The number of thioether (sulfide) groups is 1. The number of cyclic esters (lactones) is 1. The van der Waals surface area contributed by atoms with E-state index in [9.17, 15) is 19.5 Å². The van der Waals surface area contributed by atoms with E-state index in [4.69, 9.17) is 4.74 Å². The number of esters is 1. The van der Waals surface area contributed by atoms with E-state index in [1.807, 2.05) is 50.3 Å². The summed E-state index contributed by atoms with van der Waals surface area (Å²) in [7, 11) is 0. The van der Waals surface area contributed by atoms with Gasteiger partial charge in [0, 0.05) is 17.5 Å². The second-order valence-corrected chi connectivity index (χ2v) is 11.4. The molecule has 7 nitrogen and oxygen atoms in total. The zero-order valence-electron chi connectivity index (χ0n) is 20.3. The van der Waals surface area contributed by atoms with E-state index in [1.165, 1.54) is 16.7 Å². The highest BCUT2D eigenvalue weighted by molar-refractivity contribution is 8.02. The van der Waals surface area contributed by atoms with Gasteiger partial charge in [0.2, 0.25) is 5.91 Å². The molecule has 2 amide bonds. The van der Waals surface area contributed by atoms with E-state index in [1.54, 1.807) is 11.8 Å². The predicted molar refractivity (Wildman–Crippen MR) is 135 cm³/mol. The van der Waals surface area contributed by atoms with Gasteiger partial charge >= 0.3 is 5.97 Å². The molecule has 5 rings (SSSR count). The van der Waals surface area contributed by atoms with Gasteiger partial charge in [-0.1, -0.05) is 42.5 Å². The fraction of sp³-hybridized carbons (Fsp3) is 0.519. The van der Waals surface area contributed by atoms with Crippen LogP contribution in [0.15, 0.2) is 42.5 Å². The first kappa shape index (κ1) is 24.1. The van der Waals surface area contributed by atoms with Crippen molar-refractivity contribution in [2.75, 3.05) is 24.7 Å². The minimum absolute atomic E-state index is 0.181. The monoisotopic (exact) mass is 496 g/mol. The van der Waals surface area contributed by atoms with Gasteiger partial charge in [0.25, 0.3) is 5.91 Å². The number of carbonyl (C=O) groups excluding carboxylic acids is 3. The number of aliphatic hydroxyl groups is 1. The number of hydrogen-bond donors (Lipinski definition) is 1. The molecule has 1 aromatic rings. The molecule has 186 valence electrons. The topological polar surface area (TPSA) is 87.2 Å². The van der Waals surface area contributed by atoms with Gasteiger partial charge in [0.1, 0.15) is 6.04 Å². The summed E-state index contributed by atoms with van der Waals surface area (Å²) in [5.74, 6) is -2.23. The lowest BCUT2D eigenvalue weighted by Crippen LogP contribution is -2.56. The van der Waals surface area contributed by atoms with Gasteiger partial charge in [0.05, 0.1) is 35.8 Å². The highest BCUT2D eigenvalue weighted by Crippen LogP contribution is 2.61. The molecule has 4 aliphatic rings. The van der Waals surface area contributed by atoms with Crippen LogP contribution in [-0.2, 0) is 19.1 Å². The summed E-state index contributed by atoms with van der Waals surface area (Å²) in [6.07, 6.45) is 9.57. The highest BCUT2D eigenvalue weighted by Gasteiger charge is 2.71. The number of allylic oxidation sites excluding steroid dienone is 1. The molecule has 35 heavy (non-hydrogen) atoms. The lowest BCUT2D eigenvalue weighted by molar-refractivity contribution is -0.153. The van der Waals surface area contributed by atoms with Gasteiger partial charge in [-0.25, -0.2) is 0 Å². The van der Waals surface area contributed by atoms with Crippen LogP contribution >= 0.6 is 11.8 Å². The number of para-hydroxylation sites is 1. The molecule has 4 aliphatic heterocycles. The number of likely N-dealkylation sites (tertiary alicyclic amines) is 1. The lowest BCUT2D eigenvalue weighted by atomic mass is 9.78. The van der Waals surface area contributed by atoms with E-state index in [-0.39, 0.29) is 29.6 Å². The molecule has 1 N–H and O–H groups in total. The number of carbonyl (C=O) groups is 3. The Bertz CT molecular complexity index is 1100. The quantitative estimate of drug-likeness (QED) is 0.512. The molecule has 8 heteroatoms. The van der Waals surface area contributed by atoms with Gasteiger partial charge in [0.15, 0.2) is 0 Å². The van der Waals surface area contributed by atoms with Crippen molar-refractivity contribution < 1.29 is 24.2 Å². The summed E-state index contributed by atoms with van der Waals surface area (Å²) in [6, 6.07) is 4.53. The molecule has 0 radical (unpaired) electrons. The maximum absolute atomic E-state index is 14.4. The SMILES string of the molecule is Cc1cccc(C)c1N1CC=C[C@]23S[C@@H]4/C=C\CCCOC(=O)[C@@H]4[C@H]2C(=O)N([C@H](C)CO)C3C1=O. The zero-order chi connectivity index (χ0) is 24.9. The number of nitrogens with zero attached hydrogens (tertiary/aromatic N) is 2. The Labute approximate surface area is 210 Å². The number of rotatable bonds is 3. The fourth-order valence-electron chi connectivity index (χ4n) is 6.19. The minimum Gasteiger partial charge on any atom is -0.465 e. The van der Waals surface area contributed by atoms with E-state index in [0.717, 1.165) is 29.7 Å². The van der Waals surface area contributed by atoms with Crippen molar-refractivity contribution in [3.05, 3.63) is 53.6 Å². The molecule has 0 aliphatic carbocycles. The Hall–Kier alpha value is -2.58. The number of amides is 2. The lowest BCUT2D eigenvalue weighted by Gasteiger charge is -2.38. The Morgan fingerprint density at radius 2 is 1.91 bits per heavy atom. The van der Waals surface area contributed by atoms with Crippen molar-refractivity contribution in [3.8, 4) is 0 Å². The van der Waals surface area contributed by atoms with E-state index in [2.05, 4.69) is 6.08 Å².